The van der Waals surface area contributed by atoms with Crippen LogP contribution in [0.1, 0.15) is 65.2 Å². The zero-order valence-electron chi connectivity index (χ0n) is 18.1. The van der Waals surface area contributed by atoms with Crippen LogP contribution in [0.2, 0.25) is 0 Å². The summed E-state index contributed by atoms with van der Waals surface area (Å²) in [7, 11) is 2.03. The SMILES string of the molecule is Cn1ccnc1SC[C@@]1(O)CCC2C3CC=C4CC(O)CC[C@]4(C)C3CC[C@@]21C. The molecule has 0 bridgehead atoms. The number of rotatable bonds is 3. The van der Waals surface area contributed by atoms with Crippen LogP contribution in [0.4, 0.5) is 0 Å². The minimum Gasteiger partial charge on any atom is -0.393 e. The molecule has 4 aliphatic rings. The molecule has 4 unspecified atom stereocenters. The van der Waals surface area contributed by atoms with Crippen molar-refractivity contribution in [1.29, 1.82) is 0 Å². The number of aliphatic hydroxyl groups is 2. The average Bonchev–Trinajstić information content (AvgIpc) is 3.22. The topological polar surface area (TPSA) is 58.3 Å². The Hall–Kier alpha value is -0.780. The molecule has 1 aromatic heterocycles. The molecule has 4 aliphatic carbocycles. The molecule has 3 saturated carbocycles. The van der Waals surface area contributed by atoms with Gasteiger partial charge in [0.25, 0.3) is 0 Å². The molecule has 0 aromatic carbocycles. The van der Waals surface area contributed by atoms with Gasteiger partial charge in [0.1, 0.15) is 0 Å². The van der Waals surface area contributed by atoms with Gasteiger partial charge in [-0.25, -0.2) is 4.98 Å². The highest BCUT2D eigenvalue weighted by atomic mass is 32.2. The molecule has 29 heavy (non-hydrogen) atoms. The number of allylic oxidation sites excluding steroid dienone is 1. The summed E-state index contributed by atoms with van der Waals surface area (Å²) in [4.78, 5) is 4.45. The van der Waals surface area contributed by atoms with Gasteiger partial charge in [0.05, 0.1) is 11.7 Å². The second-order valence-electron chi connectivity index (χ2n) is 10.8. The summed E-state index contributed by atoms with van der Waals surface area (Å²) in [6.45, 7) is 4.86. The Morgan fingerprint density at radius 3 is 2.72 bits per heavy atom. The highest BCUT2D eigenvalue weighted by Gasteiger charge is 2.63. The molecule has 5 rings (SSSR count). The van der Waals surface area contributed by atoms with Gasteiger partial charge in [0, 0.05) is 30.6 Å². The van der Waals surface area contributed by atoms with E-state index in [1.807, 2.05) is 24.0 Å². The smallest absolute Gasteiger partial charge is 0.167 e. The van der Waals surface area contributed by atoms with E-state index in [-0.39, 0.29) is 16.9 Å². The summed E-state index contributed by atoms with van der Waals surface area (Å²) in [5, 5.41) is 23.0. The van der Waals surface area contributed by atoms with E-state index in [4.69, 9.17) is 0 Å². The van der Waals surface area contributed by atoms with Crippen LogP contribution in [0.5, 0.6) is 0 Å². The van der Waals surface area contributed by atoms with Gasteiger partial charge in [-0.3, -0.25) is 0 Å². The molecule has 1 aromatic rings. The molecule has 0 radical (unpaired) electrons. The Kier molecular flexibility index (Phi) is 4.77. The lowest BCUT2D eigenvalue weighted by atomic mass is 9.47. The molecule has 160 valence electrons. The summed E-state index contributed by atoms with van der Waals surface area (Å²) >= 11 is 1.71. The van der Waals surface area contributed by atoms with Crippen molar-refractivity contribution in [2.24, 2.45) is 35.6 Å². The molecule has 5 heteroatoms. The van der Waals surface area contributed by atoms with E-state index in [1.54, 1.807) is 11.8 Å². The minimum absolute atomic E-state index is 0.00220. The average molecular weight is 417 g/mol. The van der Waals surface area contributed by atoms with Crippen molar-refractivity contribution in [1.82, 2.24) is 9.55 Å². The molecule has 0 spiro atoms. The number of nitrogens with zero attached hydrogens (tertiary/aromatic N) is 2. The van der Waals surface area contributed by atoms with Crippen LogP contribution in [-0.2, 0) is 7.05 Å². The lowest BCUT2D eigenvalue weighted by molar-refractivity contribution is -0.113. The Morgan fingerprint density at radius 2 is 1.97 bits per heavy atom. The first-order chi connectivity index (χ1) is 13.8. The number of hydrogen-bond donors (Lipinski definition) is 2. The zero-order valence-corrected chi connectivity index (χ0v) is 18.9. The second kappa shape index (κ2) is 6.86. The number of aliphatic hydroxyl groups excluding tert-OH is 1. The number of imidazole rings is 1. The van der Waals surface area contributed by atoms with Crippen molar-refractivity contribution in [3.8, 4) is 0 Å². The first kappa shape index (κ1) is 20.1. The maximum absolute atomic E-state index is 11.9. The van der Waals surface area contributed by atoms with Crippen LogP contribution in [0, 0.1) is 28.6 Å². The predicted octanol–water partition coefficient (Wildman–Crippen LogP) is 4.57. The molecule has 3 fully saturated rings. The lowest BCUT2D eigenvalue weighted by Crippen LogP contribution is -2.55. The van der Waals surface area contributed by atoms with Gasteiger partial charge in [-0.2, -0.15) is 0 Å². The Morgan fingerprint density at radius 1 is 1.17 bits per heavy atom. The minimum atomic E-state index is -0.604. The first-order valence-electron chi connectivity index (χ1n) is 11.5. The van der Waals surface area contributed by atoms with E-state index >= 15 is 0 Å². The largest absolute Gasteiger partial charge is 0.393 e. The maximum atomic E-state index is 11.9. The van der Waals surface area contributed by atoms with Crippen molar-refractivity contribution in [3.63, 3.8) is 0 Å². The summed E-state index contributed by atoms with van der Waals surface area (Å²) in [5.74, 6) is 2.75. The Labute approximate surface area is 179 Å². The van der Waals surface area contributed by atoms with Crippen LogP contribution < -0.4 is 0 Å². The van der Waals surface area contributed by atoms with Gasteiger partial charge in [-0.15, -0.1) is 0 Å². The van der Waals surface area contributed by atoms with Crippen LogP contribution in [-0.4, -0.2) is 37.2 Å². The molecule has 4 nitrogen and oxygen atoms in total. The third-order valence-corrected chi connectivity index (χ3v) is 10.9. The lowest BCUT2D eigenvalue weighted by Gasteiger charge is -2.59. The zero-order chi connectivity index (χ0) is 20.4. The standard InChI is InChI=1S/C24H36N2O2S/c1-22-9-6-17(27)14-16(22)4-5-18-19(22)7-10-23(2)20(18)8-11-24(23,28)15-29-21-25-12-13-26(21)3/h4,12-13,17-20,27-28H,5-11,14-15H2,1-3H3/t17?,18?,19?,20?,22-,23-,24-/m0/s1. The number of aromatic nitrogens is 2. The summed E-state index contributed by atoms with van der Waals surface area (Å²) < 4.78 is 2.05. The number of fused-ring (bicyclic) bond motifs is 5. The number of aryl methyl sites for hydroxylation is 1. The molecule has 0 amide bonds. The van der Waals surface area contributed by atoms with E-state index in [2.05, 4.69) is 24.9 Å². The number of hydrogen-bond acceptors (Lipinski definition) is 4. The highest BCUT2D eigenvalue weighted by molar-refractivity contribution is 7.99. The Bertz CT molecular complexity index is 822. The number of thioether (sulfide) groups is 1. The summed E-state index contributed by atoms with van der Waals surface area (Å²) in [6.07, 6.45) is 14.7. The van der Waals surface area contributed by atoms with E-state index in [9.17, 15) is 10.2 Å². The van der Waals surface area contributed by atoms with Gasteiger partial charge in [-0.1, -0.05) is 37.3 Å². The monoisotopic (exact) mass is 416 g/mol. The van der Waals surface area contributed by atoms with E-state index in [1.165, 1.54) is 12.0 Å². The Balaban J connectivity index is 1.39. The first-order valence-corrected chi connectivity index (χ1v) is 12.5. The summed E-state index contributed by atoms with van der Waals surface area (Å²) in [6, 6.07) is 0. The normalized spacial score (nSPS) is 46.6. The van der Waals surface area contributed by atoms with Crippen LogP contribution in [0.25, 0.3) is 0 Å². The van der Waals surface area contributed by atoms with Gasteiger partial charge < -0.3 is 14.8 Å². The fraction of sp³-hybridized carbons (Fsp3) is 0.792. The molecule has 1 heterocycles. The quantitative estimate of drug-likeness (QED) is 0.560. The fourth-order valence-corrected chi connectivity index (χ4v) is 8.91. The van der Waals surface area contributed by atoms with Gasteiger partial charge in [0.2, 0.25) is 0 Å². The van der Waals surface area contributed by atoms with Crippen LogP contribution >= 0.6 is 11.8 Å². The van der Waals surface area contributed by atoms with Crippen molar-refractivity contribution in [2.45, 2.75) is 82.1 Å². The predicted molar refractivity (Wildman–Crippen MR) is 117 cm³/mol. The van der Waals surface area contributed by atoms with Crippen molar-refractivity contribution >= 4 is 11.8 Å². The molecule has 0 saturated heterocycles. The van der Waals surface area contributed by atoms with E-state index in [0.717, 1.165) is 61.8 Å². The molecule has 2 N–H and O–H groups in total. The van der Waals surface area contributed by atoms with Gasteiger partial charge >= 0.3 is 0 Å². The third kappa shape index (κ3) is 2.90. The second-order valence-corrected chi connectivity index (χ2v) is 11.7. The van der Waals surface area contributed by atoms with Crippen LogP contribution in [0.3, 0.4) is 0 Å². The molecular formula is C24H36N2O2S. The molecule has 7 atom stereocenters. The van der Waals surface area contributed by atoms with Crippen molar-refractivity contribution in [3.05, 3.63) is 24.0 Å². The third-order valence-electron chi connectivity index (χ3n) is 9.62. The summed E-state index contributed by atoms with van der Waals surface area (Å²) in [5.41, 5.74) is 1.20. The van der Waals surface area contributed by atoms with Crippen molar-refractivity contribution in [2.75, 3.05) is 5.75 Å². The van der Waals surface area contributed by atoms with Crippen LogP contribution in [0.15, 0.2) is 29.2 Å². The molecular weight excluding hydrogens is 380 g/mol. The maximum Gasteiger partial charge on any atom is 0.167 e. The molecule has 0 aliphatic heterocycles. The fourth-order valence-electron chi connectivity index (χ4n) is 7.66. The van der Waals surface area contributed by atoms with E-state index in [0.29, 0.717) is 11.8 Å². The van der Waals surface area contributed by atoms with E-state index < -0.39 is 5.60 Å². The van der Waals surface area contributed by atoms with Gasteiger partial charge in [0.15, 0.2) is 5.16 Å². The van der Waals surface area contributed by atoms with Gasteiger partial charge in [-0.05, 0) is 74.5 Å². The van der Waals surface area contributed by atoms with Crippen molar-refractivity contribution < 1.29 is 10.2 Å². The highest BCUT2D eigenvalue weighted by Crippen LogP contribution is 2.67.